The third-order valence-corrected chi connectivity index (χ3v) is 3.18. The summed E-state index contributed by atoms with van der Waals surface area (Å²) in [5.74, 6) is -0.333. The molecule has 5 heteroatoms. The number of nitrogens with zero attached hydrogens (tertiary/aromatic N) is 2. The first kappa shape index (κ1) is 13.2. The van der Waals surface area contributed by atoms with Crippen LogP contribution in [0.5, 0.6) is 5.75 Å². The van der Waals surface area contributed by atoms with Gasteiger partial charge in [-0.25, -0.2) is 9.78 Å². The van der Waals surface area contributed by atoms with Crippen molar-refractivity contribution in [2.75, 3.05) is 0 Å². The Kier molecular flexibility index (Phi) is 3.31. The van der Waals surface area contributed by atoms with Gasteiger partial charge in [-0.15, -0.1) is 0 Å². The van der Waals surface area contributed by atoms with Gasteiger partial charge in [-0.3, -0.25) is 4.40 Å². The van der Waals surface area contributed by atoms with E-state index in [-0.39, 0.29) is 12.3 Å². The minimum atomic E-state index is -1.02. The number of aromatic nitrogens is 2. The molecular weight excluding hydrogens is 268 g/mol. The number of hydrogen-bond acceptors (Lipinski definition) is 3. The van der Waals surface area contributed by atoms with Crippen LogP contribution in [0.4, 0.5) is 0 Å². The number of aryl methyl sites for hydroxylation is 1. The molecule has 1 N–H and O–H groups in total. The highest BCUT2D eigenvalue weighted by molar-refractivity contribution is 5.88. The fourth-order valence-electron chi connectivity index (χ4n) is 2.19. The van der Waals surface area contributed by atoms with Gasteiger partial charge in [0.1, 0.15) is 23.7 Å². The number of fused-ring (bicyclic) bond motifs is 1. The average molecular weight is 282 g/mol. The molecule has 5 nitrogen and oxygen atoms in total. The predicted octanol–water partition coefficient (Wildman–Crippen LogP) is 2.92. The van der Waals surface area contributed by atoms with Gasteiger partial charge in [0.25, 0.3) is 0 Å². The third kappa shape index (κ3) is 2.58. The van der Waals surface area contributed by atoms with Crippen LogP contribution in [-0.2, 0) is 6.61 Å². The first-order valence-electron chi connectivity index (χ1n) is 6.54. The topological polar surface area (TPSA) is 63.8 Å². The van der Waals surface area contributed by atoms with Gasteiger partial charge >= 0.3 is 5.97 Å². The second kappa shape index (κ2) is 5.28. The maximum absolute atomic E-state index is 11.5. The third-order valence-electron chi connectivity index (χ3n) is 3.18. The SMILES string of the molecule is Cc1ccn2c(C(=O)O)c(COc3ccccc3)nc2c1. The molecule has 0 aliphatic rings. The van der Waals surface area contributed by atoms with E-state index in [2.05, 4.69) is 4.98 Å². The molecule has 0 unspecified atom stereocenters. The quantitative estimate of drug-likeness (QED) is 0.799. The Morgan fingerprint density at radius 3 is 2.76 bits per heavy atom. The molecule has 0 aliphatic carbocycles. The van der Waals surface area contributed by atoms with Crippen molar-refractivity contribution in [2.24, 2.45) is 0 Å². The van der Waals surface area contributed by atoms with Crippen molar-refractivity contribution in [3.63, 3.8) is 0 Å². The molecule has 106 valence electrons. The van der Waals surface area contributed by atoms with Crippen LogP contribution >= 0.6 is 0 Å². The van der Waals surface area contributed by atoms with Gasteiger partial charge in [0, 0.05) is 6.20 Å². The zero-order chi connectivity index (χ0) is 14.8. The number of carboxylic acids is 1. The molecule has 1 aromatic carbocycles. The van der Waals surface area contributed by atoms with E-state index >= 15 is 0 Å². The number of carbonyl (C=O) groups is 1. The molecule has 0 radical (unpaired) electrons. The lowest BCUT2D eigenvalue weighted by atomic mass is 10.3. The summed E-state index contributed by atoms with van der Waals surface area (Å²) in [5, 5.41) is 9.40. The fraction of sp³-hybridized carbons (Fsp3) is 0.125. The van der Waals surface area contributed by atoms with Crippen LogP contribution in [0.1, 0.15) is 21.7 Å². The lowest BCUT2D eigenvalue weighted by Gasteiger charge is -2.04. The van der Waals surface area contributed by atoms with E-state index in [9.17, 15) is 9.90 Å². The van der Waals surface area contributed by atoms with Crippen molar-refractivity contribution >= 4 is 11.6 Å². The second-order valence-electron chi connectivity index (χ2n) is 4.75. The highest BCUT2D eigenvalue weighted by Gasteiger charge is 2.18. The minimum Gasteiger partial charge on any atom is -0.487 e. The number of pyridine rings is 1. The summed E-state index contributed by atoms with van der Waals surface area (Å²) in [6, 6.07) is 13.0. The summed E-state index contributed by atoms with van der Waals surface area (Å²) >= 11 is 0. The first-order chi connectivity index (χ1) is 10.1. The van der Waals surface area contributed by atoms with Crippen LogP contribution in [0.3, 0.4) is 0 Å². The van der Waals surface area contributed by atoms with Crippen molar-refractivity contribution < 1.29 is 14.6 Å². The zero-order valence-corrected chi connectivity index (χ0v) is 11.5. The Labute approximate surface area is 121 Å². The fourth-order valence-corrected chi connectivity index (χ4v) is 2.19. The molecule has 3 rings (SSSR count). The molecule has 0 fully saturated rings. The van der Waals surface area contributed by atoms with E-state index in [0.717, 1.165) is 5.56 Å². The Bertz CT molecular complexity index is 794. The molecule has 21 heavy (non-hydrogen) atoms. The molecule has 0 saturated heterocycles. The number of imidazole rings is 1. The lowest BCUT2D eigenvalue weighted by molar-refractivity contribution is 0.0686. The van der Waals surface area contributed by atoms with Crippen LogP contribution in [0.15, 0.2) is 48.7 Å². The molecule has 2 heterocycles. The monoisotopic (exact) mass is 282 g/mol. The number of aromatic carboxylic acids is 1. The predicted molar refractivity (Wildman–Crippen MR) is 77.7 cm³/mol. The summed E-state index contributed by atoms with van der Waals surface area (Å²) in [6.45, 7) is 2.06. The Hall–Kier alpha value is -2.82. The van der Waals surface area contributed by atoms with Gasteiger partial charge in [0.15, 0.2) is 5.69 Å². The van der Waals surface area contributed by atoms with Crippen LogP contribution in [0, 0.1) is 6.92 Å². The maximum atomic E-state index is 11.5. The maximum Gasteiger partial charge on any atom is 0.354 e. The lowest BCUT2D eigenvalue weighted by Crippen LogP contribution is -2.07. The summed E-state index contributed by atoms with van der Waals surface area (Å²) in [6.07, 6.45) is 1.72. The summed E-state index contributed by atoms with van der Waals surface area (Å²) in [7, 11) is 0. The summed E-state index contributed by atoms with van der Waals surface area (Å²) in [5.41, 5.74) is 2.19. The number of carboxylic acid groups (broad SMARTS) is 1. The highest BCUT2D eigenvalue weighted by atomic mass is 16.5. The average Bonchev–Trinajstić information content (AvgIpc) is 2.83. The van der Waals surface area contributed by atoms with Gasteiger partial charge < -0.3 is 9.84 Å². The van der Waals surface area contributed by atoms with Crippen LogP contribution < -0.4 is 4.74 Å². The van der Waals surface area contributed by atoms with Crippen molar-refractivity contribution in [2.45, 2.75) is 13.5 Å². The molecule has 0 atom stereocenters. The molecule has 0 amide bonds. The summed E-state index contributed by atoms with van der Waals surface area (Å²) in [4.78, 5) is 15.8. The molecule has 0 saturated carbocycles. The molecule has 3 aromatic rings. The molecule has 2 aromatic heterocycles. The second-order valence-corrected chi connectivity index (χ2v) is 4.75. The van der Waals surface area contributed by atoms with Crippen molar-refractivity contribution in [3.05, 3.63) is 65.6 Å². The van der Waals surface area contributed by atoms with Crippen molar-refractivity contribution in [1.82, 2.24) is 9.38 Å². The van der Waals surface area contributed by atoms with Crippen LogP contribution in [0.2, 0.25) is 0 Å². The number of hydrogen-bond donors (Lipinski definition) is 1. The number of benzene rings is 1. The zero-order valence-electron chi connectivity index (χ0n) is 11.5. The largest absolute Gasteiger partial charge is 0.487 e. The van der Waals surface area contributed by atoms with E-state index < -0.39 is 5.97 Å². The molecule has 0 spiro atoms. The van der Waals surface area contributed by atoms with E-state index in [1.807, 2.05) is 49.4 Å². The van der Waals surface area contributed by atoms with E-state index in [1.54, 1.807) is 10.6 Å². The minimum absolute atomic E-state index is 0.117. The molecule has 0 bridgehead atoms. The number of para-hydroxylation sites is 1. The Morgan fingerprint density at radius 1 is 1.29 bits per heavy atom. The first-order valence-corrected chi connectivity index (χ1v) is 6.54. The standard InChI is InChI=1S/C16H14N2O3/c1-11-7-8-18-14(9-11)17-13(15(18)16(19)20)10-21-12-5-3-2-4-6-12/h2-9H,10H2,1H3,(H,19,20). The van der Waals surface area contributed by atoms with Crippen LogP contribution in [0.25, 0.3) is 5.65 Å². The van der Waals surface area contributed by atoms with Gasteiger partial charge in [-0.05, 0) is 36.8 Å². The molecule has 0 aliphatic heterocycles. The van der Waals surface area contributed by atoms with Gasteiger partial charge in [-0.2, -0.15) is 0 Å². The Morgan fingerprint density at radius 2 is 2.05 bits per heavy atom. The number of ether oxygens (including phenoxy) is 1. The van der Waals surface area contributed by atoms with E-state index in [1.165, 1.54) is 0 Å². The van der Waals surface area contributed by atoms with Gasteiger partial charge in [0.05, 0.1) is 0 Å². The van der Waals surface area contributed by atoms with E-state index in [4.69, 9.17) is 4.74 Å². The van der Waals surface area contributed by atoms with Crippen LogP contribution in [-0.4, -0.2) is 20.5 Å². The normalized spacial score (nSPS) is 10.7. The summed E-state index contributed by atoms with van der Waals surface area (Å²) < 4.78 is 7.17. The van der Waals surface area contributed by atoms with Crippen molar-refractivity contribution in [3.8, 4) is 5.75 Å². The Balaban J connectivity index is 1.97. The van der Waals surface area contributed by atoms with Gasteiger partial charge in [0.2, 0.25) is 0 Å². The van der Waals surface area contributed by atoms with Crippen molar-refractivity contribution in [1.29, 1.82) is 0 Å². The number of rotatable bonds is 4. The molecular formula is C16H14N2O3. The van der Waals surface area contributed by atoms with Gasteiger partial charge in [-0.1, -0.05) is 18.2 Å². The highest BCUT2D eigenvalue weighted by Crippen LogP contribution is 2.17. The van der Waals surface area contributed by atoms with E-state index in [0.29, 0.717) is 17.1 Å². The smallest absolute Gasteiger partial charge is 0.354 e.